The van der Waals surface area contributed by atoms with E-state index in [-0.39, 0.29) is 23.8 Å². The molecule has 0 spiro atoms. The lowest BCUT2D eigenvalue weighted by Crippen LogP contribution is -2.30. The van der Waals surface area contributed by atoms with Gasteiger partial charge in [-0.1, -0.05) is 46.3 Å². The molecule has 0 aliphatic rings. The number of rotatable bonds is 9. The highest BCUT2D eigenvalue weighted by molar-refractivity contribution is 9.10. The number of hydrogen-bond acceptors (Lipinski definition) is 4. The zero-order chi connectivity index (χ0) is 26.3. The molecule has 190 valence electrons. The number of pyridine rings is 1. The number of sulfonamides is 1. The van der Waals surface area contributed by atoms with Crippen LogP contribution in [0.4, 0.5) is 10.1 Å². The van der Waals surface area contributed by atoms with Crippen molar-refractivity contribution in [3.63, 3.8) is 0 Å². The lowest BCUT2D eigenvalue weighted by atomic mass is 10.2. The highest BCUT2D eigenvalue weighted by atomic mass is 79.9. The van der Waals surface area contributed by atoms with Gasteiger partial charge in [-0.2, -0.15) is 4.31 Å². The van der Waals surface area contributed by atoms with Crippen molar-refractivity contribution in [2.24, 2.45) is 0 Å². The Balaban J connectivity index is 1.50. The number of benzene rings is 3. The van der Waals surface area contributed by atoms with E-state index in [1.165, 1.54) is 16.4 Å². The summed E-state index contributed by atoms with van der Waals surface area (Å²) in [5.74, 6) is -0.375. The molecule has 3 aromatic carbocycles. The maximum absolute atomic E-state index is 13.7. The SMILES string of the molecule is O=S(=O)(c1ccc(NC(=S)NCc2ccncc2)cc1)N(Cc1ccc(F)cc1)Cc1ccccc1Br. The molecule has 0 bridgehead atoms. The molecule has 1 aromatic heterocycles. The predicted molar refractivity (Wildman–Crippen MR) is 151 cm³/mol. The van der Waals surface area contributed by atoms with Crippen molar-refractivity contribution in [3.05, 3.63) is 124 Å². The summed E-state index contributed by atoms with van der Waals surface area (Å²) in [7, 11) is -3.88. The van der Waals surface area contributed by atoms with Crippen LogP contribution in [0.2, 0.25) is 0 Å². The molecule has 37 heavy (non-hydrogen) atoms. The fourth-order valence-corrected chi connectivity index (χ4v) is 5.56. The molecule has 4 aromatic rings. The lowest BCUT2D eigenvalue weighted by Gasteiger charge is -2.23. The third-order valence-corrected chi connectivity index (χ3v) is 8.36. The molecule has 0 saturated carbocycles. The molecule has 0 amide bonds. The number of thiocarbonyl (C=S) groups is 1. The van der Waals surface area contributed by atoms with Gasteiger partial charge in [0.2, 0.25) is 10.0 Å². The summed E-state index contributed by atoms with van der Waals surface area (Å²) in [6, 6.07) is 23.5. The van der Waals surface area contributed by atoms with E-state index >= 15 is 0 Å². The summed E-state index contributed by atoms with van der Waals surface area (Å²) >= 11 is 8.86. The Labute approximate surface area is 229 Å². The van der Waals surface area contributed by atoms with Crippen LogP contribution >= 0.6 is 28.1 Å². The molecule has 0 fully saturated rings. The maximum Gasteiger partial charge on any atom is 0.243 e. The van der Waals surface area contributed by atoms with Crippen LogP contribution in [-0.4, -0.2) is 22.8 Å². The van der Waals surface area contributed by atoms with Gasteiger partial charge in [-0.25, -0.2) is 12.8 Å². The number of nitrogens with one attached hydrogen (secondary N) is 2. The van der Waals surface area contributed by atoms with Gasteiger partial charge in [0.15, 0.2) is 5.11 Å². The van der Waals surface area contributed by atoms with Crippen molar-refractivity contribution in [1.29, 1.82) is 0 Å². The van der Waals surface area contributed by atoms with Gasteiger partial charge in [0.1, 0.15) is 5.82 Å². The topological polar surface area (TPSA) is 74.3 Å². The standard InChI is InChI=1S/C27H24BrFN4O2S2/c28-26-4-2-1-3-22(26)19-33(18-21-5-7-23(29)8-6-21)37(34,35)25-11-9-24(10-12-25)32-27(36)31-17-20-13-15-30-16-14-20/h1-16H,17-19H2,(H2,31,32,36). The van der Waals surface area contributed by atoms with E-state index in [1.54, 1.807) is 48.8 Å². The number of nitrogens with zero attached hydrogens (tertiary/aromatic N) is 2. The van der Waals surface area contributed by atoms with Crippen LogP contribution in [0.15, 0.2) is 107 Å². The fraction of sp³-hybridized carbons (Fsp3) is 0.111. The minimum absolute atomic E-state index is 0.0902. The average Bonchev–Trinajstić information content (AvgIpc) is 2.90. The van der Waals surface area contributed by atoms with Crippen molar-refractivity contribution in [2.45, 2.75) is 24.5 Å². The van der Waals surface area contributed by atoms with Crippen LogP contribution in [-0.2, 0) is 29.7 Å². The summed E-state index contributed by atoms with van der Waals surface area (Å²) in [6.07, 6.45) is 3.42. The van der Waals surface area contributed by atoms with Gasteiger partial charge in [-0.15, -0.1) is 0 Å². The highest BCUT2D eigenvalue weighted by Gasteiger charge is 2.25. The maximum atomic E-state index is 13.7. The van der Waals surface area contributed by atoms with E-state index in [0.717, 1.165) is 15.6 Å². The molecule has 0 unspecified atom stereocenters. The third-order valence-electron chi connectivity index (χ3n) is 5.53. The quantitative estimate of drug-likeness (QED) is 0.235. The van der Waals surface area contributed by atoms with Crippen molar-refractivity contribution in [2.75, 3.05) is 5.32 Å². The number of halogens is 2. The van der Waals surface area contributed by atoms with Crippen LogP contribution in [0.1, 0.15) is 16.7 Å². The zero-order valence-electron chi connectivity index (χ0n) is 19.6. The van der Waals surface area contributed by atoms with E-state index < -0.39 is 10.0 Å². The second kappa shape index (κ2) is 12.4. The Kier molecular flexibility index (Phi) is 8.99. The molecule has 10 heteroatoms. The summed E-state index contributed by atoms with van der Waals surface area (Å²) in [4.78, 5) is 4.13. The molecule has 4 rings (SSSR count). The second-order valence-corrected chi connectivity index (χ2v) is 11.4. The van der Waals surface area contributed by atoms with E-state index in [9.17, 15) is 12.8 Å². The van der Waals surface area contributed by atoms with Gasteiger partial charge in [-0.05, 0) is 83.5 Å². The minimum atomic E-state index is -3.88. The van der Waals surface area contributed by atoms with E-state index in [1.807, 2.05) is 36.4 Å². The lowest BCUT2D eigenvalue weighted by molar-refractivity contribution is 0.400. The molecule has 0 atom stereocenters. The van der Waals surface area contributed by atoms with Gasteiger partial charge < -0.3 is 10.6 Å². The normalized spacial score (nSPS) is 11.3. The van der Waals surface area contributed by atoms with Crippen LogP contribution in [0.5, 0.6) is 0 Å². The van der Waals surface area contributed by atoms with Crippen molar-refractivity contribution >= 4 is 49.0 Å². The monoisotopic (exact) mass is 598 g/mol. The highest BCUT2D eigenvalue weighted by Crippen LogP contribution is 2.25. The molecule has 0 aliphatic carbocycles. The van der Waals surface area contributed by atoms with Crippen molar-refractivity contribution < 1.29 is 12.8 Å². The first kappa shape index (κ1) is 26.9. The molecule has 0 radical (unpaired) electrons. The molecule has 1 heterocycles. The van der Waals surface area contributed by atoms with E-state index in [0.29, 0.717) is 22.9 Å². The summed E-state index contributed by atoms with van der Waals surface area (Å²) < 4.78 is 43.0. The fourth-order valence-electron chi connectivity index (χ4n) is 3.55. The first-order valence-corrected chi connectivity index (χ1v) is 14.0. The van der Waals surface area contributed by atoms with Crippen LogP contribution < -0.4 is 10.6 Å². The molecule has 6 nitrogen and oxygen atoms in total. The minimum Gasteiger partial charge on any atom is -0.358 e. The number of aromatic nitrogens is 1. The first-order valence-electron chi connectivity index (χ1n) is 11.3. The van der Waals surface area contributed by atoms with Crippen LogP contribution in [0.25, 0.3) is 0 Å². The van der Waals surface area contributed by atoms with Crippen LogP contribution in [0, 0.1) is 5.82 Å². The molecular weight excluding hydrogens is 575 g/mol. The first-order chi connectivity index (χ1) is 17.8. The van der Waals surface area contributed by atoms with Crippen molar-refractivity contribution in [1.82, 2.24) is 14.6 Å². The predicted octanol–water partition coefficient (Wildman–Crippen LogP) is 5.86. The Morgan fingerprint density at radius 3 is 2.24 bits per heavy atom. The third kappa shape index (κ3) is 7.42. The second-order valence-electron chi connectivity index (χ2n) is 8.18. The Morgan fingerprint density at radius 2 is 1.57 bits per heavy atom. The molecular formula is C27H24BrFN4O2S2. The number of hydrogen-bond donors (Lipinski definition) is 2. The van der Waals surface area contributed by atoms with Gasteiger partial charge >= 0.3 is 0 Å². The Morgan fingerprint density at radius 1 is 0.892 bits per heavy atom. The molecule has 0 saturated heterocycles. The smallest absolute Gasteiger partial charge is 0.243 e. The largest absolute Gasteiger partial charge is 0.358 e. The number of anilines is 1. The van der Waals surface area contributed by atoms with Crippen LogP contribution in [0.3, 0.4) is 0 Å². The van der Waals surface area contributed by atoms with Gasteiger partial charge in [0.05, 0.1) is 4.90 Å². The average molecular weight is 600 g/mol. The Bertz CT molecular complexity index is 1450. The summed E-state index contributed by atoms with van der Waals surface area (Å²) in [5.41, 5.74) is 3.19. The molecule has 2 N–H and O–H groups in total. The Hall–Kier alpha value is -3.18. The van der Waals surface area contributed by atoms with E-state index in [4.69, 9.17) is 12.2 Å². The van der Waals surface area contributed by atoms with Gasteiger partial charge in [0, 0.05) is 42.2 Å². The summed E-state index contributed by atoms with van der Waals surface area (Å²) in [6.45, 7) is 0.769. The van der Waals surface area contributed by atoms with E-state index in [2.05, 4.69) is 31.5 Å². The van der Waals surface area contributed by atoms with Gasteiger partial charge in [-0.3, -0.25) is 4.98 Å². The summed E-state index contributed by atoms with van der Waals surface area (Å²) in [5, 5.41) is 6.59. The zero-order valence-corrected chi connectivity index (χ0v) is 22.9. The molecule has 0 aliphatic heterocycles. The van der Waals surface area contributed by atoms with Crippen molar-refractivity contribution in [3.8, 4) is 0 Å². The van der Waals surface area contributed by atoms with Gasteiger partial charge in [0.25, 0.3) is 0 Å².